The number of carbonyl (C=O) groups is 1. The van der Waals surface area contributed by atoms with Gasteiger partial charge in [-0.1, -0.05) is 12.1 Å². The Morgan fingerprint density at radius 1 is 1.16 bits per heavy atom. The number of amides is 1. The Morgan fingerprint density at radius 3 is 2.75 bits per heavy atom. The topological polar surface area (TPSA) is 110 Å². The molecular formula is C21H17N5O4S2. The zero-order chi connectivity index (χ0) is 22.1. The van der Waals surface area contributed by atoms with E-state index in [1.165, 1.54) is 28.7 Å². The molecule has 32 heavy (non-hydrogen) atoms. The van der Waals surface area contributed by atoms with E-state index in [1.807, 2.05) is 34.5 Å². The lowest BCUT2D eigenvalue weighted by Crippen LogP contribution is -2.36. The average Bonchev–Trinajstić information content (AvgIpc) is 3.46. The minimum absolute atomic E-state index is 0.103. The van der Waals surface area contributed by atoms with Gasteiger partial charge in [0.15, 0.2) is 5.13 Å². The molecule has 5 rings (SSSR count). The first-order chi connectivity index (χ1) is 15.6. The Labute approximate surface area is 190 Å². The van der Waals surface area contributed by atoms with Gasteiger partial charge in [0.2, 0.25) is 0 Å². The van der Waals surface area contributed by atoms with Crippen LogP contribution in [0.3, 0.4) is 0 Å². The van der Waals surface area contributed by atoms with E-state index in [4.69, 9.17) is 4.74 Å². The van der Waals surface area contributed by atoms with Crippen LogP contribution in [0.1, 0.15) is 10.4 Å². The van der Waals surface area contributed by atoms with Crippen molar-refractivity contribution in [2.24, 2.45) is 0 Å². The number of nitrogens with zero attached hydrogens (tertiary/aromatic N) is 4. The number of morpholine rings is 1. The number of ether oxygens (including phenoxy) is 1. The molecule has 2 aromatic heterocycles. The molecule has 1 fully saturated rings. The van der Waals surface area contributed by atoms with E-state index < -0.39 is 10.8 Å². The number of carbonyl (C=O) groups excluding carboxylic acids is 1. The maximum atomic E-state index is 12.7. The lowest BCUT2D eigenvalue weighted by atomic mass is 10.1. The quantitative estimate of drug-likeness (QED) is 0.342. The van der Waals surface area contributed by atoms with Crippen LogP contribution in [-0.4, -0.2) is 47.1 Å². The highest BCUT2D eigenvalue weighted by Crippen LogP contribution is 2.33. The molecule has 0 saturated carbocycles. The van der Waals surface area contributed by atoms with Crippen LogP contribution < -0.4 is 10.2 Å². The molecule has 1 aliphatic rings. The highest BCUT2D eigenvalue weighted by molar-refractivity contribution is 7.22. The van der Waals surface area contributed by atoms with Crippen LogP contribution in [0.4, 0.5) is 16.5 Å². The van der Waals surface area contributed by atoms with E-state index in [2.05, 4.69) is 15.3 Å². The number of nitro benzene ring substituents is 1. The summed E-state index contributed by atoms with van der Waals surface area (Å²) < 4.78 is 6.38. The zero-order valence-electron chi connectivity index (χ0n) is 16.7. The Hall–Kier alpha value is -3.41. The van der Waals surface area contributed by atoms with Crippen LogP contribution in [0, 0.1) is 10.1 Å². The molecule has 0 radical (unpaired) electrons. The number of para-hydroxylation sites is 1. The second kappa shape index (κ2) is 8.61. The molecule has 11 heteroatoms. The van der Waals surface area contributed by atoms with Crippen molar-refractivity contribution in [1.29, 1.82) is 0 Å². The summed E-state index contributed by atoms with van der Waals surface area (Å²) in [5.74, 6) is -0.452. The predicted molar refractivity (Wildman–Crippen MR) is 125 cm³/mol. The summed E-state index contributed by atoms with van der Waals surface area (Å²) in [6.45, 7) is 2.17. The molecule has 162 valence electrons. The number of nitro groups is 1. The van der Waals surface area contributed by atoms with Gasteiger partial charge in [0.05, 0.1) is 28.4 Å². The Balaban J connectivity index is 1.35. The lowest BCUT2D eigenvalue weighted by molar-refractivity contribution is -0.384. The van der Waals surface area contributed by atoms with Gasteiger partial charge in [-0.05, 0) is 24.3 Å². The molecule has 0 spiro atoms. The average molecular weight is 468 g/mol. The zero-order valence-corrected chi connectivity index (χ0v) is 18.3. The highest BCUT2D eigenvalue weighted by atomic mass is 32.1. The molecule has 4 aromatic rings. The molecular weight excluding hydrogens is 450 g/mol. The first kappa shape index (κ1) is 20.5. The minimum Gasteiger partial charge on any atom is -0.378 e. The van der Waals surface area contributed by atoms with Gasteiger partial charge in [-0.2, -0.15) is 0 Å². The first-order valence-corrected chi connectivity index (χ1v) is 11.5. The Morgan fingerprint density at radius 2 is 1.97 bits per heavy atom. The predicted octanol–water partition coefficient (Wildman–Crippen LogP) is 4.42. The van der Waals surface area contributed by atoms with Crippen LogP contribution >= 0.6 is 22.7 Å². The van der Waals surface area contributed by atoms with Crippen LogP contribution in [0.25, 0.3) is 20.9 Å². The van der Waals surface area contributed by atoms with E-state index in [0.717, 1.165) is 15.2 Å². The monoisotopic (exact) mass is 467 g/mol. The molecule has 0 bridgehead atoms. The fourth-order valence-electron chi connectivity index (χ4n) is 3.46. The van der Waals surface area contributed by atoms with Gasteiger partial charge in [-0.3, -0.25) is 20.2 Å². The van der Waals surface area contributed by atoms with Crippen molar-refractivity contribution in [2.45, 2.75) is 0 Å². The largest absolute Gasteiger partial charge is 0.378 e. The molecule has 2 aromatic carbocycles. The molecule has 1 N–H and O–H groups in total. The maximum absolute atomic E-state index is 12.7. The van der Waals surface area contributed by atoms with E-state index >= 15 is 0 Å². The number of fused-ring (bicyclic) bond motifs is 1. The van der Waals surface area contributed by atoms with E-state index in [9.17, 15) is 14.9 Å². The summed E-state index contributed by atoms with van der Waals surface area (Å²) in [5.41, 5.74) is 2.17. The van der Waals surface area contributed by atoms with Crippen LogP contribution in [0.2, 0.25) is 0 Å². The van der Waals surface area contributed by atoms with Crippen molar-refractivity contribution in [2.75, 3.05) is 36.5 Å². The van der Waals surface area contributed by atoms with Crippen LogP contribution in [-0.2, 0) is 4.74 Å². The number of thiazole rings is 2. The smallest absolute Gasteiger partial charge is 0.293 e. The van der Waals surface area contributed by atoms with Gasteiger partial charge in [0.25, 0.3) is 11.6 Å². The Kier molecular flexibility index (Phi) is 5.52. The van der Waals surface area contributed by atoms with Crippen molar-refractivity contribution in [1.82, 2.24) is 9.97 Å². The maximum Gasteiger partial charge on any atom is 0.293 e. The Bertz CT molecular complexity index is 1280. The van der Waals surface area contributed by atoms with Crippen molar-refractivity contribution in [3.63, 3.8) is 0 Å². The number of hydrogen-bond donors (Lipinski definition) is 1. The van der Waals surface area contributed by atoms with Crippen molar-refractivity contribution >= 4 is 55.3 Å². The third kappa shape index (κ3) is 4.05. The van der Waals surface area contributed by atoms with Gasteiger partial charge in [0.1, 0.15) is 16.4 Å². The highest BCUT2D eigenvalue weighted by Gasteiger charge is 2.23. The van der Waals surface area contributed by atoms with E-state index in [1.54, 1.807) is 12.1 Å². The minimum atomic E-state index is -0.462. The van der Waals surface area contributed by atoms with E-state index in [-0.39, 0.29) is 11.3 Å². The second-order valence-corrected chi connectivity index (χ2v) is 8.93. The molecule has 0 atom stereocenters. The second-order valence-electron chi connectivity index (χ2n) is 7.04. The molecule has 1 amide bonds. The summed E-state index contributed by atoms with van der Waals surface area (Å²) in [7, 11) is 0. The fourth-order valence-corrected chi connectivity index (χ4v) is 5.15. The third-order valence-corrected chi connectivity index (χ3v) is 6.84. The van der Waals surface area contributed by atoms with Crippen LogP contribution in [0.15, 0.2) is 47.8 Å². The SMILES string of the molecule is O=C(Nc1nc(-c2nc3ccccc3s2)cs1)c1ccc(N2CCOCC2)c([N+](=O)[O-])c1. The summed E-state index contributed by atoms with van der Waals surface area (Å²) in [6.07, 6.45) is 0. The molecule has 3 heterocycles. The summed E-state index contributed by atoms with van der Waals surface area (Å²) in [6, 6.07) is 12.4. The number of rotatable bonds is 5. The van der Waals surface area contributed by atoms with Gasteiger partial charge in [0, 0.05) is 30.1 Å². The van der Waals surface area contributed by atoms with Gasteiger partial charge in [-0.25, -0.2) is 9.97 Å². The standard InChI is InChI=1S/C21H17N5O4S2/c27-19(13-5-6-16(17(11-13)26(28)29)25-7-9-30-10-8-25)24-21-23-15(12-31-21)20-22-14-3-1-2-4-18(14)32-20/h1-6,11-12H,7-10H2,(H,23,24,27). The van der Waals surface area contributed by atoms with Crippen LogP contribution in [0.5, 0.6) is 0 Å². The van der Waals surface area contributed by atoms with Gasteiger partial charge in [-0.15, -0.1) is 22.7 Å². The third-order valence-electron chi connectivity index (χ3n) is 5.02. The molecule has 0 aliphatic carbocycles. The summed E-state index contributed by atoms with van der Waals surface area (Å²) in [5, 5.41) is 17.4. The van der Waals surface area contributed by atoms with E-state index in [0.29, 0.717) is 42.8 Å². The number of nitrogens with one attached hydrogen (secondary N) is 1. The fraction of sp³-hybridized carbons (Fsp3) is 0.190. The van der Waals surface area contributed by atoms with Crippen molar-refractivity contribution in [3.05, 3.63) is 63.5 Å². The summed E-state index contributed by atoms with van der Waals surface area (Å²) >= 11 is 2.81. The summed E-state index contributed by atoms with van der Waals surface area (Å²) in [4.78, 5) is 34.9. The lowest BCUT2D eigenvalue weighted by Gasteiger charge is -2.28. The van der Waals surface area contributed by atoms with Gasteiger partial charge < -0.3 is 9.64 Å². The molecule has 1 aliphatic heterocycles. The first-order valence-electron chi connectivity index (χ1n) is 9.82. The molecule has 0 unspecified atom stereocenters. The van der Waals surface area contributed by atoms with Crippen molar-refractivity contribution in [3.8, 4) is 10.7 Å². The number of hydrogen-bond acceptors (Lipinski definition) is 9. The number of anilines is 2. The normalized spacial score (nSPS) is 13.9. The molecule has 9 nitrogen and oxygen atoms in total. The number of benzene rings is 2. The van der Waals surface area contributed by atoms with Gasteiger partial charge >= 0.3 is 0 Å². The molecule has 1 saturated heterocycles. The number of aromatic nitrogens is 2. The van der Waals surface area contributed by atoms with Crippen molar-refractivity contribution < 1.29 is 14.5 Å².